The number of aromatic nitrogens is 1. The van der Waals surface area contributed by atoms with E-state index in [2.05, 4.69) is 9.72 Å². The van der Waals surface area contributed by atoms with Crippen LogP contribution in [0.15, 0.2) is 72.9 Å². The lowest BCUT2D eigenvalue weighted by molar-refractivity contribution is -0.274. The van der Waals surface area contributed by atoms with Gasteiger partial charge in [-0.2, -0.15) is 0 Å². The van der Waals surface area contributed by atoms with Crippen molar-refractivity contribution < 1.29 is 22.7 Å². The SMILES string of the molecule is Cc1cccc(CN(Cc2ccccn2)C(=O)CCc2ccccc2OC(F)(F)F)c1. The number of benzene rings is 2. The summed E-state index contributed by atoms with van der Waals surface area (Å²) in [6.45, 7) is 2.68. The summed E-state index contributed by atoms with van der Waals surface area (Å²) in [4.78, 5) is 19.0. The van der Waals surface area contributed by atoms with Crippen LogP contribution in [0.5, 0.6) is 5.75 Å². The number of halogens is 3. The van der Waals surface area contributed by atoms with Crippen molar-refractivity contribution in [3.63, 3.8) is 0 Å². The second kappa shape index (κ2) is 10.1. The molecule has 162 valence electrons. The fraction of sp³-hybridized carbons (Fsp3) is 0.250. The molecule has 0 atom stereocenters. The Morgan fingerprint density at radius 3 is 2.48 bits per heavy atom. The molecule has 1 amide bonds. The molecule has 0 N–H and O–H groups in total. The van der Waals surface area contributed by atoms with Gasteiger partial charge in [-0.05, 0) is 42.7 Å². The molecule has 1 heterocycles. The summed E-state index contributed by atoms with van der Waals surface area (Å²) in [5.74, 6) is -0.452. The van der Waals surface area contributed by atoms with E-state index in [0.29, 0.717) is 18.7 Å². The minimum atomic E-state index is -4.78. The molecule has 1 aromatic heterocycles. The Morgan fingerprint density at radius 2 is 1.77 bits per heavy atom. The first-order chi connectivity index (χ1) is 14.8. The van der Waals surface area contributed by atoms with Crippen LogP contribution in [0, 0.1) is 6.92 Å². The first-order valence-corrected chi connectivity index (χ1v) is 9.87. The van der Waals surface area contributed by atoms with Gasteiger partial charge in [0.25, 0.3) is 0 Å². The van der Waals surface area contributed by atoms with E-state index in [1.54, 1.807) is 23.2 Å². The number of alkyl halides is 3. The van der Waals surface area contributed by atoms with Crippen molar-refractivity contribution in [3.05, 3.63) is 95.3 Å². The molecule has 3 rings (SSSR count). The third-order valence-electron chi connectivity index (χ3n) is 4.69. The molecule has 0 spiro atoms. The van der Waals surface area contributed by atoms with Crippen LogP contribution in [-0.4, -0.2) is 22.2 Å². The number of amides is 1. The number of para-hydroxylation sites is 1. The number of carbonyl (C=O) groups is 1. The Kier molecular flexibility index (Phi) is 7.28. The van der Waals surface area contributed by atoms with E-state index in [0.717, 1.165) is 16.8 Å². The molecule has 0 saturated carbocycles. The molecule has 0 aliphatic rings. The summed E-state index contributed by atoms with van der Waals surface area (Å²) < 4.78 is 42.1. The standard InChI is InChI=1S/C24H23F3N2O2/c1-18-7-6-8-19(15-18)16-29(17-21-10-4-5-14-28-21)23(30)13-12-20-9-2-3-11-22(20)31-24(25,26)27/h2-11,14-15H,12-13,16-17H2,1H3. The third-order valence-corrected chi connectivity index (χ3v) is 4.69. The van der Waals surface area contributed by atoms with Crippen molar-refractivity contribution in [3.8, 4) is 5.75 Å². The van der Waals surface area contributed by atoms with E-state index < -0.39 is 6.36 Å². The normalized spacial score (nSPS) is 11.2. The average molecular weight is 428 g/mol. The van der Waals surface area contributed by atoms with Gasteiger partial charge in [0.2, 0.25) is 5.91 Å². The second-order valence-corrected chi connectivity index (χ2v) is 7.22. The summed E-state index contributed by atoms with van der Waals surface area (Å²) in [7, 11) is 0. The Labute approximate surface area is 179 Å². The minimum Gasteiger partial charge on any atom is -0.406 e. The van der Waals surface area contributed by atoms with Crippen LogP contribution in [0.2, 0.25) is 0 Å². The van der Waals surface area contributed by atoms with Crippen molar-refractivity contribution in [2.75, 3.05) is 0 Å². The molecule has 31 heavy (non-hydrogen) atoms. The number of rotatable bonds is 8. The lowest BCUT2D eigenvalue weighted by Gasteiger charge is -2.23. The zero-order chi connectivity index (χ0) is 22.3. The first kappa shape index (κ1) is 22.3. The smallest absolute Gasteiger partial charge is 0.406 e. The number of pyridine rings is 1. The summed E-state index contributed by atoms with van der Waals surface area (Å²) in [6.07, 6.45) is -2.93. The predicted molar refractivity (Wildman–Crippen MR) is 111 cm³/mol. The molecule has 2 aromatic carbocycles. The lowest BCUT2D eigenvalue weighted by atomic mass is 10.1. The number of aryl methyl sites for hydroxylation is 2. The number of carbonyl (C=O) groups excluding carboxylic acids is 1. The maximum atomic E-state index is 13.0. The number of ether oxygens (including phenoxy) is 1. The van der Waals surface area contributed by atoms with Gasteiger partial charge in [-0.1, -0.05) is 54.1 Å². The highest BCUT2D eigenvalue weighted by molar-refractivity contribution is 5.76. The molecule has 0 saturated heterocycles. The fourth-order valence-corrected chi connectivity index (χ4v) is 3.28. The Bertz CT molecular complexity index is 1010. The topological polar surface area (TPSA) is 42.4 Å². The van der Waals surface area contributed by atoms with E-state index >= 15 is 0 Å². The van der Waals surface area contributed by atoms with Crippen molar-refractivity contribution in [2.45, 2.75) is 39.2 Å². The monoisotopic (exact) mass is 428 g/mol. The predicted octanol–water partition coefficient (Wildman–Crippen LogP) is 5.45. The van der Waals surface area contributed by atoms with Crippen LogP contribution in [-0.2, 0) is 24.3 Å². The van der Waals surface area contributed by atoms with Gasteiger partial charge < -0.3 is 9.64 Å². The maximum absolute atomic E-state index is 13.0. The quantitative estimate of drug-likeness (QED) is 0.479. The van der Waals surface area contributed by atoms with Crippen molar-refractivity contribution in [1.29, 1.82) is 0 Å². The van der Waals surface area contributed by atoms with Gasteiger partial charge >= 0.3 is 6.36 Å². The van der Waals surface area contributed by atoms with E-state index in [1.807, 2.05) is 43.3 Å². The van der Waals surface area contributed by atoms with Gasteiger partial charge in [0.05, 0.1) is 12.2 Å². The minimum absolute atomic E-state index is 0.0525. The Hall–Kier alpha value is -3.35. The highest BCUT2D eigenvalue weighted by Gasteiger charge is 2.32. The fourth-order valence-electron chi connectivity index (χ4n) is 3.28. The second-order valence-electron chi connectivity index (χ2n) is 7.22. The molecule has 0 bridgehead atoms. The summed E-state index contributed by atoms with van der Waals surface area (Å²) in [6, 6.07) is 19.2. The molecule has 3 aromatic rings. The molecule has 7 heteroatoms. The van der Waals surface area contributed by atoms with E-state index in [-0.39, 0.29) is 24.5 Å². The summed E-state index contributed by atoms with van der Waals surface area (Å²) >= 11 is 0. The average Bonchev–Trinajstić information content (AvgIpc) is 2.72. The van der Waals surface area contributed by atoms with Crippen LogP contribution in [0.3, 0.4) is 0 Å². The van der Waals surface area contributed by atoms with Gasteiger partial charge in [0.15, 0.2) is 0 Å². The van der Waals surface area contributed by atoms with Gasteiger partial charge in [-0.15, -0.1) is 13.2 Å². The molecule has 0 aliphatic heterocycles. The summed E-state index contributed by atoms with van der Waals surface area (Å²) in [5.41, 5.74) is 3.14. The van der Waals surface area contributed by atoms with Crippen LogP contribution in [0.1, 0.15) is 28.8 Å². The van der Waals surface area contributed by atoms with Crippen molar-refractivity contribution in [2.24, 2.45) is 0 Å². The van der Waals surface area contributed by atoms with E-state index in [4.69, 9.17) is 0 Å². The maximum Gasteiger partial charge on any atom is 0.573 e. The zero-order valence-electron chi connectivity index (χ0n) is 17.1. The molecule has 0 aliphatic carbocycles. The molecular formula is C24H23F3N2O2. The lowest BCUT2D eigenvalue weighted by Crippen LogP contribution is -2.30. The molecule has 4 nitrogen and oxygen atoms in total. The van der Waals surface area contributed by atoms with E-state index in [1.165, 1.54) is 18.2 Å². The van der Waals surface area contributed by atoms with E-state index in [9.17, 15) is 18.0 Å². The number of nitrogens with zero attached hydrogens (tertiary/aromatic N) is 2. The van der Waals surface area contributed by atoms with Crippen LogP contribution in [0.4, 0.5) is 13.2 Å². The third kappa shape index (κ3) is 7.13. The highest BCUT2D eigenvalue weighted by atomic mass is 19.4. The van der Waals surface area contributed by atoms with Crippen molar-refractivity contribution in [1.82, 2.24) is 9.88 Å². The first-order valence-electron chi connectivity index (χ1n) is 9.87. The van der Waals surface area contributed by atoms with Gasteiger partial charge in [0.1, 0.15) is 5.75 Å². The van der Waals surface area contributed by atoms with Crippen LogP contribution in [0.25, 0.3) is 0 Å². The highest BCUT2D eigenvalue weighted by Crippen LogP contribution is 2.27. The number of hydrogen-bond donors (Lipinski definition) is 0. The van der Waals surface area contributed by atoms with Crippen LogP contribution < -0.4 is 4.74 Å². The molecule has 0 radical (unpaired) electrons. The molecule has 0 fully saturated rings. The summed E-state index contributed by atoms with van der Waals surface area (Å²) in [5, 5.41) is 0. The largest absolute Gasteiger partial charge is 0.573 e. The van der Waals surface area contributed by atoms with Crippen molar-refractivity contribution >= 4 is 5.91 Å². The number of hydrogen-bond acceptors (Lipinski definition) is 3. The zero-order valence-corrected chi connectivity index (χ0v) is 17.1. The van der Waals surface area contributed by atoms with Gasteiger partial charge in [-0.3, -0.25) is 9.78 Å². The molecular weight excluding hydrogens is 405 g/mol. The van der Waals surface area contributed by atoms with Gasteiger partial charge in [-0.25, -0.2) is 0 Å². The molecule has 0 unspecified atom stereocenters. The van der Waals surface area contributed by atoms with Crippen LogP contribution >= 0.6 is 0 Å². The van der Waals surface area contributed by atoms with Gasteiger partial charge in [0, 0.05) is 19.2 Å². The Balaban J connectivity index is 1.74. The Morgan fingerprint density at radius 1 is 1.00 bits per heavy atom.